The highest BCUT2D eigenvalue weighted by Crippen LogP contribution is 2.43. The Bertz CT molecular complexity index is 1350. The van der Waals surface area contributed by atoms with E-state index in [1.54, 1.807) is 4.90 Å². The summed E-state index contributed by atoms with van der Waals surface area (Å²) in [4.78, 5) is 27.4. The largest absolute Gasteiger partial charge is 0.491 e. The molecule has 4 rings (SSSR count). The van der Waals surface area contributed by atoms with Crippen LogP contribution in [0.2, 0.25) is 0 Å². The predicted octanol–water partition coefficient (Wildman–Crippen LogP) is 4.94. The third kappa shape index (κ3) is 8.01. The van der Waals surface area contributed by atoms with Gasteiger partial charge in [-0.25, -0.2) is 17.9 Å². The highest BCUT2D eigenvalue weighted by Gasteiger charge is 2.47. The Morgan fingerprint density at radius 1 is 1.10 bits per heavy atom. The number of sulfonamides is 1. The number of hydrogen-bond donors (Lipinski definition) is 1. The maximum Gasteiger partial charge on any atom is 0.410 e. The highest BCUT2D eigenvalue weighted by molar-refractivity contribution is 7.88. The van der Waals surface area contributed by atoms with Crippen LogP contribution < -0.4 is 9.46 Å². The summed E-state index contributed by atoms with van der Waals surface area (Å²) in [5, 5.41) is 0. The van der Waals surface area contributed by atoms with Gasteiger partial charge >= 0.3 is 12.1 Å². The molecule has 2 aliphatic rings. The van der Waals surface area contributed by atoms with Crippen LogP contribution >= 0.6 is 0 Å². The second-order valence-corrected chi connectivity index (χ2v) is 14.0. The molecule has 0 spiro atoms. The van der Waals surface area contributed by atoms with Crippen molar-refractivity contribution in [3.05, 3.63) is 54.1 Å². The van der Waals surface area contributed by atoms with Crippen LogP contribution in [-0.2, 0) is 30.7 Å². The number of carbonyl (C=O) groups is 2. The SMILES string of the molecule is COC(=O)[C@@]1(Cc2cccc(-c3ccccc3OC[C@@H]3CCCN3C(=O)OC(C)(C)C)c2)CC[C@H](NS(C)(=O)=O)C1. The van der Waals surface area contributed by atoms with Gasteiger partial charge in [0.15, 0.2) is 0 Å². The quantitative estimate of drug-likeness (QED) is 0.415. The van der Waals surface area contributed by atoms with Crippen molar-refractivity contribution in [2.45, 2.75) is 77.0 Å². The Morgan fingerprint density at radius 3 is 2.56 bits per heavy atom. The molecule has 41 heavy (non-hydrogen) atoms. The second-order valence-electron chi connectivity index (χ2n) is 12.3. The summed E-state index contributed by atoms with van der Waals surface area (Å²) >= 11 is 0. The molecule has 1 saturated heterocycles. The number of nitrogens with one attached hydrogen (secondary N) is 1. The first-order valence-corrected chi connectivity index (χ1v) is 16.0. The summed E-state index contributed by atoms with van der Waals surface area (Å²) in [5.41, 5.74) is 1.44. The molecule has 1 heterocycles. The van der Waals surface area contributed by atoms with Crippen molar-refractivity contribution in [2.75, 3.05) is 26.5 Å². The van der Waals surface area contributed by atoms with Gasteiger partial charge < -0.3 is 19.1 Å². The molecule has 3 atom stereocenters. The summed E-state index contributed by atoms with van der Waals surface area (Å²) in [5.74, 6) is 0.386. The molecular weight excluding hydrogens is 544 g/mol. The van der Waals surface area contributed by atoms with E-state index in [1.807, 2.05) is 69.3 Å². The summed E-state index contributed by atoms with van der Waals surface area (Å²) in [6, 6.07) is 15.4. The lowest BCUT2D eigenvalue weighted by Crippen LogP contribution is -2.42. The fraction of sp³-hybridized carbons (Fsp3) is 0.548. The number of nitrogens with zero attached hydrogens (tertiary/aromatic N) is 1. The highest BCUT2D eigenvalue weighted by atomic mass is 32.2. The molecule has 1 aliphatic carbocycles. The first-order chi connectivity index (χ1) is 19.3. The van der Waals surface area contributed by atoms with Gasteiger partial charge in [-0.2, -0.15) is 0 Å². The van der Waals surface area contributed by atoms with Crippen molar-refractivity contribution in [1.29, 1.82) is 0 Å². The van der Waals surface area contributed by atoms with Gasteiger partial charge in [0.25, 0.3) is 0 Å². The number of ether oxygens (including phenoxy) is 3. The van der Waals surface area contributed by atoms with Crippen molar-refractivity contribution in [3.8, 4) is 16.9 Å². The van der Waals surface area contributed by atoms with Crippen molar-refractivity contribution in [2.24, 2.45) is 5.41 Å². The molecule has 2 fully saturated rings. The number of methoxy groups -OCH3 is 1. The lowest BCUT2D eigenvalue weighted by Gasteiger charge is -2.28. The molecule has 1 N–H and O–H groups in total. The van der Waals surface area contributed by atoms with Crippen molar-refractivity contribution < 1.29 is 32.2 Å². The van der Waals surface area contributed by atoms with E-state index < -0.39 is 21.0 Å². The number of likely N-dealkylation sites (tertiary alicyclic amines) is 1. The summed E-state index contributed by atoms with van der Waals surface area (Å²) in [7, 11) is -2.01. The molecule has 2 aromatic carbocycles. The number of carbonyl (C=O) groups excluding carboxylic acids is 2. The standard InChI is InChI=1S/C31H42N2O7S/c1-30(2,3)40-29(35)33-17-9-12-25(33)21-39-27-14-7-6-13-26(27)23-11-8-10-22(18-23)19-31(28(34)38-4)16-15-24(20-31)32-41(5,36)37/h6-8,10-11,13-14,18,24-25,32H,9,12,15-17,19-21H2,1-5H3/t24-,25-,31+/m0/s1. The van der Waals surface area contributed by atoms with E-state index in [0.29, 0.717) is 44.6 Å². The number of hydrogen-bond acceptors (Lipinski definition) is 7. The van der Waals surface area contributed by atoms with Crippen molar-refractivity contribution >= 4 is 22.1 Å². The van der Waals surface area contributed by atoms with Crippen LogP contribution in [0.3, 0.4) is 0 Å². The second kappa shape index (κ2) is 12.4. The molecule has 10 heteroatoms. The van der Waals surface area contributed by atoms with Crippen LogP contribution in [0.15, 0.2) is 48.5 Å². The van der Waals surface area contributed by atoms with Crippen LogP contribution in [0.4, 0.5) is 4.79 Å². The monoisotopic (exact) mass is 586 g/mol. The molecule has 0 unspecified atom stereocenters. The zero-order chi connectivity index (χ0) is 29.8. The van der Waals surface area contributed by atoms with E-state index >= 15 is 0 Å². The number of rotatable bonds is 9. The van der Waals surface area contributed by atoms with Crippen LogP contribution in [0.1, 0.15) is 58.4 Å². The van der Waals surface area contributed by atoms with Crippen LogP contribution in [0.5, 0.6) is 5.75 Å². The van der Waals surface area contributed by atoms with Gasteiger partial charge in [-0.05, 0) is 76.5 Å². The Hall–Kier alpha value is -3.11. The van der Waals surface area contributed by atoms with E-state index in [0.717, 1.165) is 35.8 Å². The van der Waals surface area contributed by atoms with Crippen LogP contribution in [0, 0.1) is 5.41 Å². The first-order valence-electron chi connectivity index (χ1n) is 14.2. The van der Waals surface area contributed by atoms with Gasteiger partial charge in [0.1, 0.15) is 18.0 Å². The molecule has 1 aliphatic heterocycles. The Kier molecular flexibility index (Phi) is 9.33. The van der Waals surface area contributed by atoms with Gasteiger partial charge in [-0.15, -0.1) is 0 Å². The van der Waals surface area contributed by atoms with Gasteiger partial charge in [-0.1, -0.05) is 42.5 Å². The molecule has 1 amide bonds. The number of benzene rings is 2. The van der Waals surface area contributed by atoms with E-state index in [9.17, 15) is 18.0 Å². The number of para-hydroxylation sites is 1. The summed E-state index contributed by atoms with van der Waals surface area (Å²) in [6.07, 6.45) is 4.49. The first kappa shape index (κ1) is 30.8. The van der Waals surface area contributed by atoms with Crippen LogP contribution in [0.25, 0.3) is 11.1 Å². The number of amides is 1. The molecular formula is C31H42N2O7S. The summed E-state index contributed by atoms with van der Waals surface area (Å²) < 4.78 is 43.4. The third-order valence-electron chi connectivity index (χ3n) is 7.71. The predicted molar refractivity (Wildman–Crippen MR) is 157 cm³/mol. The minimum atomic E-state index is -3.38. The normalized spacial score (nSPS) is 22.9. The van der Waals surface area contributed by atoms with Crippen LogP contribution in [-0.4, -0.2) is 69.6 Å². The molecule has 1 saturated carbocycles. The molecule has 2 aromatic rings. The number of esters is 1. The third-order valence-corrected chi connectivity index (χ3v) is 8.47. The zero-order valence-corrected chi connectivity index (χ0v) is 25.5. The lowest BCUT2D eigenvalue weighted by atomic mass is 9.79. The summed E-state index contributed by atoms with van der Waals surface area (Å²) in [6.45, 7) is 6.59. The van der Waals surface area contributed by atoms with E-state index in [1.165, 1.54) is 7.11 Å². The minimum Gasteiger partial charge on any atom is -0.491 e. The topological polar surface area (TPSA) is 111 Å². The van der Waals surface area contributed by atoms with Gasteiger partial charge in [0, 0.05) is 18.2 Å². The van der Waals surface area contributed by atoms with E-state index in [4.69, 9.17) is 14.2 Å². The maximum absolute atomic E-state index is 13.0. The Morgan fingerprint density at radius 2 is 1.85 bits per heavy atom. The fourth-order valence-electron chi connectivity index (χ4n) is 5.99. The van der Waals surface area contributed by atoms with Crippen molar-refractivity contribution in [3.63, 3.8) is 0 Å². The zero-order valence-electron chi connectivity index (χ0n) is 24.6. The molecule has 0 aromatic heterocycles. The van der Waals surface area contributed by atoms with Gasteiger partial charge in [0.05, 0.1) is 24.8 Å². The van der Waals surface area contributed by atoms with E-state index in [-0.39, 0.29) is 24.1 Å². The van der Waals surface area contributed by atoms with Gasteiger partial charge in [-0.3, -0.25) is 4.79 Å². The average molecular weight is 587 g/mol. The molecule has 0 bridgehead atoms. The Balaban J connectivity index is 1.50. The Labute approximate surface area is 243 Å². The molecule has 0 radical (unpaired) electrons. The van der Waals surface area contributed by atoms with E-state index in [2.05, 4.69) is 4.72 Å². The van der Waals surface area contributed by atoms with Crippen molar-refractivity contribution in [1.82, 2.24) is 9.62 Å². The average Bonchev–Trinajstić information content (AvgIpc) is 3.53. The smallest absolute Gasteiger partial charge is 0.410 e. The minimum absolute atomic E-state index is 0.0694. The fourth-order valence-corrected chi connectivity index (χ4v) is 6.80. The maximum atomic E-state index is 13.0. The molecule has 224 valence electrons. The lowest BCUT2D eigenvalue weighted by molar-refractivity contribution is -0.152. The van der Waals surface area contributed by atoms with Gasteiger partial charge in [0.2, 0.25) is 10.0 Å². The molecule has 9 nitrogen and oxygen atoms in total.